The quantitative estimate of drug-likeness (QED) is 0.534. The van der Waals surface area contributed by atoms with Crippen LogP contribution < -0.4 is 10.1 Å². The molecule has 0 heterocycles. The Morgan fingerprint density at radius 3 is 2.65 bits per heavy atom. The number of rotatable bonds is 9. The Morgan fingerprint density at radius 1 is 1.20 bits per heavy atom. The van der Waals surface area contributed by atoms with Gasteiger partial charge < -0.3 is 10.1 Å². The zero-order chi connectivity index (χ0) is 14.0. The van der Waals surface area contributed by atoms with Gasteiger partial charge in [0.05, 0.1) is 0 Å². The molecule has 2 nitrogen and oxygen atoms in total. The molecule has 1 aliphatic carbocycles. The van der Waals surface area contributed by atoms with Gasteiger partial charge in [0.1, 0.15) is 12.4 Å². The van der Waals surface area contributed by atoms with Crippen LogP contribution in [0.3, 0.4) is 0 Å². The van der Waals surface area contributed by atoms with E-state index in [2.05, 4.69) is 24.0 Å². The summed E-state index contributed by atoms with van der Waals surface area (Å²) in [5.41, 5.74) is 1.32. The van der Waals surface area contributed by atoms with Crippen molar-refractivity contribution in [2.75, 3.05) is 13.2 Å². The summed E-state index contributed by atoms with van der Waals surface area (Å²) in [6.07, 6.45) is 10.3. The Morgan fingerprint density at radius 2 is 1.95 bits per heavy atom. The second-order valence-corrected chi connectivity index (χ2v) is 5.71. The summed E-state index contributed by atoms with van der Waals surface area (Å²) in [6.45, 7) is 6.29. The summed E-state index contributed by atoms with van der Waals surface area (Å²) in [5.74, 6) is 1.92. The molecule has 0 spiro atoms. The molecule has 0 aromatic heterocycles. The van der Waals surface area contributed by atoms with Crippen molar-refractivity contribution in [2.24, 2.45) is 5.92 Å². The summed E-state index contributed by atoms with van der Waals surface area (Å²) in [5, 5.41) is 3.53. The minimum atomic E-state index is 0.568. The van der Waals surface area contributed by atoms with E-state index in [0.29, 0.717) is 6.61 Å². The molecular formula is C18H27NO. The predicted molar refractivity (Wildman–Crippen MR) is 85.0 cm³/mol. The van der Waals surface area contributed by atoms with Gasteiger partial charge in [-0.05, 0) is 43.0 Å². The van der Waals surface area contributed by atoms with E-state index in [0.717, 1.165) is 24.8 Å². The van der Waals surface area contributed by atoms with Gasteiger partial charge in [0.25, 0.3) is 0 Å². The maximum absolute atomic E-state index is 5.47. The van der Waals surface area contributed by atoms with Crippen LogP contribution in [-0.4, -0.2) is 13.2 Å². The van der Waals surface area contributed by atoms with Crippen LogP contribution in [0.25, 0.3) is 0 Å². The number of nitrogens with one attached hydrogen (secondary N) is 1. The third-order valence-electron chi connectivity index (χ3n) is 4.06. The van der Waals surface area contributed by atoms with E-state index in [9.17, 15) is 0 Å². The number of hydrogen-bond acceptors (Lipinski definition) is 2. The molecule has 1 aromatic carbocycles. The van der Waals surface area contributed by atoms with Gasteiger partial charge >= 0.3 is 0 Å². The summed E-state index contributed by atoms with van der Waals surface area (Å²) in [4.78, 5) is 0. The van der Waals surface area contributed by atoms with Gasteiger partial charge in [-0.25, -0.2) is 0 Å². The third kappa shape index (κ3) is 5.38. The first-order valence-corrected chi connectivity index (χ1v) is 7.92. The van der Waals surface area contributed by atoms with Gasteiger partial charge in [0.2, 0.25) is 0 Å². The molecule has 1 N–H and O–H groups in total. The van der Waals surface area contributed by atoms with Crippen LogP contribution in [0.2, 0.25) is 0 Å². The van der Waals surface area contributed by atoms with Crippen LogP contribution in [0.1, 0.15) is 44.1 Å². The Labute approximate surface area is 123 Å². The van der Waals surface area contributed by atoms with Crippen LogP contribution in [0, 0.1) is 5.92 Å². The molecule has 1 aromatic rings. The topological polar surface area (TPSA) is 21.3 Å². The highest BCUT2D eigenvalue weighted by Crippen LogP contribution is 2.28. The van der Waals surface area contributed by atoms with Crippen LogP contribution in [0.15, 0.2) is 36.9 Å². The van der Waals surface area contributed by atoms with Crippen molar-refractivity contribution in [3.05, 3.63) is 42.5 Å². The van der Waals surface area contributed by atoms with Crippen molar-refractivity contribution in [1.82, 2.24) is 5.32 Å². The van der Waals surface area contributed by atoms with E-state index in [1.165, 1.54) is 44.1 Å². The SMILES string of the molecule is C=CCOc1ccc(CNCCCC2CCCC2)cc1. The zero-order valence-electron chi connectivity index (χ0n) is 12.4. The molecule has 20 heavy (non-hydrogen) atoms. The molecule has 1 aliphatic rings. The molecule has 0 saturated heterocycles. The molecule has 2 heteroatoms. The molecule has 110 valence electrons. The summed E-state index contributed by atoms with van der Waals surface area (Å²) < 4.78 is 5.47. The Kier molecular flexibility index (Phi) is 6.65. The van der Waals surface area contributed by atoms with Crippen molar-refractivity contribution in [3.8, 4) is 5.75 Å². The first kappa shape index (κ1) is 15.1. The van der Waals surface area contributed by atoms with E-state index in [1.807, 2.05) is 12.1 Å². The molecule has 0 amide bonds. The average molecular weight is 273 g/mol. The average Bonchev–Trinajstić information content (AvgIpc) is 2.99. The molecule has 0 bridgehead atoms. The molecule has 1 fully saturated rings. The minimum Gasteiger partial charge on any atom is -0.490 e. The lowest BCUT2D eigenvalue weighted by Gasteiger charge is -2.09. The molecule has 0 aliphatic heterocycles. The van der Waals surface area contributed by atoms with Crippen molar-refractivity contribution < 1.29 is 4.74 Å². The summed E-state index contributed by atoms with van der Waals surface area (Å²) >= 11 is 0. The lowest BCUT2D eigenvalue weighted by molar-refractivity contribution is 0.363. The Bertz CT molecular complexity index is 379. The summed E-state index contributed by atoms with van der Waals surface area (Å²) in [6, 6.07) is 8.31. The smallest absolute Gasteiger partial charge is 0.119 e. The molecular weight excluding hydrogens is 246 g/mol. The minimum absolute atomic E-state index is 0.568. The lowest BCUT2D eigenvalue weighted by Crippen LogP contribution is -2.15. The van der Waals surface area contributed by atoms with E-state index in [1.54, 1.807) is 6.08 Å². The fourth-order valence-electron chi connectivity index (χ4n) is 2.91. The first-order valence-electron chi connectivity index (χ1n) is 7.92. The van der Waals surface area contributed by atoms with Crippen LogP contribution in [-0.2, 0) is 6.54 Å². The van der Waals surface area contributed by atoms with Gasteiger partial charge in [0.15, 0.2) is 0 Å². The fraction of sp³-hybridized carbons (Fsp3) is 0.556. The van der Waals surface area contributed by atoms with Gasteiger partial charge in [-0.3, -0.25) is 0 Å². The second kappa shape index (κ2) is 8.80. The molecule has 0 unspecified atom stereocenters. The highest BCUT2D eigenvalue weighted by molar-refractivity contribution is 5.27. The Hall–Kier alpha value is -1.28. The molecule has 0 atom stereocenters. The highest BCUT2D eigenvalue weighted by Gasteiger charge is 2.13. The van der Waals surface area contributed by atoms with Crippen LogP contribution in [0.5, 0.6) is 5.75 Å². The van der Waals surface area contributed by atoms with E-state index in [4.69, 9.17) is 4.74 Å². The Balaban J connectivity index is 1.57. The number of hydrogen-bond donors (Lipinski definition) is 1. The third-order valence-corrected chi connectivity index (χ3v) is 4.06. The standard InChI is InChI=1S/C18H27NO/c1-2-14-20-18-11-9-17(10-12-18)15-19-13-5-8-16-6-3-4-7-16/h2,9-12,16,19H,1,3-8,13-15H2. The van der Waals surface area contributed by atoms with Crippen molar-refractivity contribution in [3.63, 3.8) is 0 Å². The molecule has 1 saturated carbocycles. The van der Waals surface area contributed by atoms with Crippen molar-refractivity contribution in [2.45, 2.75) is 45.1 Å². The number of ether oxygens (including phenoxy) is 1. The molecule has 2 rings (SSSR count). The van der Waals surface area contributed by atoms with Gasteiger partial charge in [-0.2, -0.15) is 0 Å². The largest absolute Gasteiger partial charge is 0.490 e. The maximum Gasteiger partial charge on any atom is 0.119 e. The van der Waals surface area contributed by atoms with Crippen LogP contribution in [0.4, 0.5) is 0 Å². The van der Waals surface area contributed by atoms with Gasteiger partial charge in [-0.15, -0.1) is 0 Å². The van der Waals surface area contributed by atoms with Crippen molar-refractivity contribution >= 4 is 0 Å². The highest BCUT2D eigenvalue weighted by atomic mass is 16.5. The monoisotopic (exact) mass is 273 g/mol. The van der Waals surface area contributed by atoms with Crippen molar-refractivity contribution in [1.29, 1.82) is 0 Å². The maximum atomic E-state index is 5.47. The van der Waals surface area contributed by atoms with Gasteiger partial charge in [-0.1, -0.05) is 50.5 Å². The van der Waals surface area contributed by atoms with Crippen LogP contribution >= 0.6 is 0 Å². The zero-order valence-corrected chi connectivity index (χ0v) is 12.4. The fourth-order valence-corrected chi connectivity index (χ4v) is 2.91. The summed E-state index contributed by atoms with van der Waals surface area (Å²) in [7, 11) is 0. The normalized spacial score (nSPS) is 15.4. The second-order valence-electron chi connectivity index (χ2n) is 5.71. The van der Waals surface area contributed by atoms with Gasteiger partial charge in [0, 0.05) is 6.54 Å². The first-order chi connectivity index (χ1) is 9.88. The predicted octanol–water partition coefficient (Wildman–Crippen LogP) is 4.31. The van der Waals surface area contributed by atoms with E-state index in [-0.39, 0.29) is 0 Å². The lowest BCUT2D eigenvalue weighted by atomic mass is 10.0. The van der Waals surface area contributed by atoms with E-state index < -0.39 is 0 Å². The number of benzene rings is 1. The van der Waals surface area contributed by atoms with E-state index >= 15 is 0 Å². The molecule has 0 radical (unpaired) electrons.